The van der Waals surface area contributed by atoms with Gasteiger partial charge in [0, 0.05) is 18.8 Å². The Kier molecular flexibility index (Phi) is 4.69. The summed E-state index contributed by atoms with van der Waals surface area (Å²) in [5.74, 6) is -0.656. The molecule has 1 aromatic rings. The zero-order valence-corrected chi connectivity index (χ0v) is 12.6. The van der Waals surface area contributed by atoms with Crippen LogP contribution in [0.15, 0.2) is 24.3 Å². The lowest BCUT2D eigenvalue weighted by atomic mass is 9.69. The molecule has 0 aromatic heterocycles. The van der Waals surface area contributed by atoms with E-state index in [1.807, 2.05) is 18.2 Å². The average Bonchev–Trinajstić information content (AvgIpc) is 2.49. The van der Waals surface area contributed by atoms with Crippen LogP contribution in [0.4, 0.5) is 5.69 Å². The molecule has 3 nitrogen and oxygen atoms in total. The first-order chi connectivity index (χ1) is 9.65. The Hall–Kier alpha value is -1.51. The molecule has 0 bridgehead atoms. The standard InChI is InChI=1S/C17H25NO2/c1-3-18(4-2)15-11-7-6-10-14(15)17(16(19)20)12-8-5-9-13-17/h6-7,10-11H,3-5,8-9,12-13H2,1-2H3,(H,19,20). The molecule has 0 atom stereocenters. The fraction of sp³-hybridized carbons (Fsp3) is 0.588. The van der Waals surface area contributed by atoms with E-state index in [1.54, 1.807) is 0 Å². The molecule has 1 fully saturated rings. The minimum Gasteiger partial charge on any atom is -0.481 e. The number of carboxylic acids is 1. The zero-order chi connectivity index (χ0) is 14.6. The summed E-state index contributed by atoms with van der Waals surface area (Å²) >= 11 is 0. The van der Waals surface area contributed by atoms with Gasteiger partial charge in [0.05, 0.1) is 5.41 Å². The normalized spacial score (nSPS) is 17.7. The maximum atomic E-state index is 12.0. The van der Waals surface area contributed by atoms with Crippen LogP contribution in [-0.4, -0.2) is 24.2 Å². The van der Waals surface area contributed by atoms with Crippen molar-refractivity contribution in [2.24, 2.45) is 0 Å². The first kappa shape index (κ1) is 14.9. The number of anilines is 1. The Balaban J connectivity index is 2.51. The molecule has 1 aliphatic carbocycles. The molecular formula is C17H25NO2. The van der Waals surface area contributed by atoms with E-state index in [4.69, 9.17) is 0 Å². The number of para-hydroxylation sites is 1. The largest absolute Gasteiger partial charge is 0.481 e. The van der Waals surface area contributed by atoms with Gasteiger partial charge in [0.25, 0.3) is 0 Å². The van der Waals surface area contributed by atoms with Gasteiger partial charge in [0.1, 0.15) is 0 Å². The maximum Gasteiger partial charge on any atom is 0.314 e. The Bertz CT molecular complexity index is 460. The van der Waals surface area contributed by atoms with Crippen LogP contribution >= 0.6 is 0 Å². The van der Waals surface area contributed by atoms with E-state index in [0.29, 0.717) is 0 Å². The smallest absolute Gasteiger partial charge is 0.314 e. The highest BCUT2D eigenvalue weighted by molar-refractivity contribution is 5.84. The van der Waals surface area contributed by atoms with Crippen molar-refractivity contribution in [1.29, 1.82) is 0 Å². The van der Waals surface area contributed by atoms with Gasteiger partial charge in [-0.05, 0) is 38.3 Å². The molecular weight excluding hydrogens is 250 g/mol. The van der Waals surface area contributed by atoms with Gasteiger partial charge in [-0.1, -0.05) is 37.5 Å². The third kappa shape index (κ3) is 2.54. The molecule has 2 rings (SSSR count). The number of hydrogen-bond acceptors (Lipinski definition) is 2. The van der Waals surface area contributed by atoms with Crippen molar-refractivity contribution in [1.82, 2.24) is 0 Å². The van der Waals surface area contributed by atoms with Gasteiger partial charge in [-0.15, -0.1) is 0 Å². The van der Waals surface area contributed by atoms with Gasteiger partial charge in [-0.2, -0.15) is 0 Å². The van der Waals surface area contributed by atoms with Gasteiger partial charge >= 0.3 is 5.97 Å². The van der Waals surface area contributed by atoms with E-state index >= 15 is 0 Å². The van der Waals surface area contributed by atoms with Crippen LogP contribution < -0.4 is 4.90 Å². The molecule has 1 N–H and O–H groups in total. The van der Waals surface area contributed by atoms with Crippen LogP contribution in [0, 0.1) is 0 Å². The number of nitrogens with zero attached hydrogens (tertiary/aromatic N) is 1. The molecule has 1 aromatic carbocycles. The van der Waals surface area contributed by atoms with Crippen LogP contribution in [0.5, 0.6) is 0 Å². The number of rotatable bonds is 5. The monoisotopic (exact) mass is 275 g/mol. The van der Waals surface area contributed by atoms with Crippen LogP contribution in [0.1, 0.15) is 51.5 Å². The van der Waals surface area contributed by atoms with Gasteiger partial charge in [0.15, 0.2) is 0 Å². The Morgan fingerprint density at radius 3 is 2.30 bits per heavy atom. The average molecular weight is 275 g/mol. The molecule has 0 aliphatic heterocycles. The van der Waals surface area contributed by atoms with Gasteiger partial charge in [-0.25, -0.2) is 0 Å². The molecule has 0 radical (unpaired) electrons. The number of aliphatic carboxylic acids is 1. The lowest BCUT2D eigenvalue weighted by molar-refractivity contribution is -0.145. The lowest BCUT2D eigenvalue weighted by Gasteiger charge is -2.37. The predicted octanol–water partition coefficient (Wildman–Crippen LogP) is 3.82. The molecule has 3 heteroatoms. The number of carboxylic acid groups (broad SMARTS) is 1. The first-order valence-corrected chi connectivity index (χ1v) is 7.73. The highest BCUT2D eigenvalue weighted by Gasteiger charge is 2.43. The SMILES string of the molecule is CCN(CC)c1ccccc1C1(C(=O)O)CCCCC1. The minimum absolute atomic E-state index is 0.656. The molecule has 1 saturated carbocycles. The molecule has 0 amide bonds. The lowest BCUT2D eigenvalue weighted by Crippen LogP contribution is -2.39. The van der Waals surface area contributed by atoms with Crippen molar-refractivity contribution in [2.45, 2.75) is 51.4 Å². The van der Waals surface area contributed by atoms with Crippen LogP contribution in [0.2, 0.25) is 0 Å². The van der Waals surface area contributed by atoms with E-state index < -0.39 is 11.4 Å². The van der Waals surface area contributed by atoms with Crippen molar-refractivity contribution in [3.63, 3.8) is 0 Å². The summed E-state index contributed by atoms with van der Waals surface area (Å²) in [7, 11) is 0. The fourth-order valence-electron chi connectivity index (χ4n) is 3.47. The van der Waals surface area contributed by atoms with Crippen molar-refractivity contribution < 1.29 is 9.90 Å². The molecule has 0 spiro atoms. The Morgan fingerprint density at radius 2 is 1.75 bits per heavy atom. The predicted molar refractivity (Wildman–Crippen MR) is 82.4 cm³/mol. The van der Waals surface area contributed by atoms with E-state index in [0.717, 1.165) is 56.4 Å². The molecule has 0 saturated heterocycles. The highest BCUT2D eigenvalue weighted by atomic mass is 16.4. The fourth-order valence-corrected chi connectivity index (χ4v) is 3.47. The quantitative estimate of drug-likeness (QED) is 0.888. The topological polar surface area (TPSA) is 40.5 Å². The van der Waals surface area contributed by atoms with Crippen molar-refractivity contribution in [3.05, 3.63) is 29.8 Å². The van der Waals surface area contributed by atoms with Crippen molar-refractivity contribution in [2.75, 3.05) is 18.0 Å². The molecule has 1 aliphatic rings. The number of hydrogen-bond donors (Lipinski definition) is 1. The van der Waals surface area contributed by atoms with E-state index in [9.17, 15) is 9.90 Å². The molecule has 0 unspecified atom stereocenters. The first-order valence-electron chi connectivity index (χ1n) is 7.73. The van der Waals surface area contributed by atoms with Crippen molar-refractivity contribution in [3.8, 4) is 0 Å². The summed E-state index contributed by atoms with van der Waals surface area (Å²) in [5, 5.41) is 9.88. The summed E-state index contributed by atoms with van der Waals surface area (Å²) < 4.78 is 0. The van der Waals surface area contributed by atoms with Gasteiger partial charge in [0.2, 0.25) is 0 Å². The minimum atomic E-state index is -0.683. The maximum absolute atomic E-state index is 12.0. The number of benzene rings is 1. The summed E-state index contributed by atoms with van der Waals surface area (Å²) in [6, 6.07) is 8.08. The Labute approximate surface area is 121 Å². The highest BCUT2D eigenvalue weighted by Crippen LogP contribution is 2.43. The summed E-state index contributed by atoms with van der Waals surface area (Å²) in [6.45, 7) is 6.05. The van der Waals surface area contributed by atoms with Crippen LogP contribution in [0.25, 0.3) is 0 Å². The second-order valence-corrected chi connectivity index (χ2v) is 5.64. The second kappa shape index (κ2) is 6.29. The molecule has 110 valence electrons. The van der Waals surface area contributed by atoms with Gasteiger partial charge < -0.3 is 10.0 Å². The van der Waals surface area contributed by atoms with Crippen LogP contribution in [-0.2, 0) is 10.2 Å². The second-order valence-electron chi connectivity index (χ2n) is 5.64. The van der Waals surface area contributed by atoms with E-state index in [-0.39, 0.29) is 0 Å². The third-order valence-electron chi connectivity index (χ3n) is 4.64. The Morgan fingerprint density at radius 1 is 1.15 bits per heavy atom. The zero-order valence-electron chi connectivity index (χ0n) is 12.6. The van der Waals surface area contributed by atoms with Crippen molar-refractivity contribution >= 4 is 11.7 Å². The van der Waals surface area contributed by atoms with E-state index in [1.165, 1.54) is 0 Å². The van der Waals surface area contributed by atoms with E-state index in [2.05, 4.69) is 24.8 Å². The summed E-state index contributed by atoms with van der Waals surface area (Å²) in [4.78, 5) is 14.3. The molecule has 20 heavy (non-hydrogen) atoms. The summed E-state index contributed by atoms with van der Waals surface area (Å²) in [5.41, 5.74) is 1.43. The third-order valence-corrected chi connectivity index (χ3v) is 4.64. The van der Waals surface area contributed by atoms with Crippen LogP contribution in [0.3, 0.4) is 0 Å². The van der Waals surface area contributed by atoms with Gasteiger partial charge in [-0.3, -0.25) is 4.79 Å². The number of carbonyl (C=O) groups is 1. The molecule has 0 heterocycles. The summed E-state index contributed by atoms with van der Waals surface area (Å²) in [6.07, 6.45) is 4.71.